The number of aromatic nitrogens is 1. The number of hydrogen-bond donors (Lipinski definition) is 5. The predicted molar refractivity (Wildman–Crippen MR) is 133 cm³/mol. The van der Waals surface area contributed by atoms with Crippen molar-refractivity contribution in [2.24, 2.45) is 11.5 Å². The quantitative estimate of drug-likeness (QED) is 0.382. The van der Waals surface area contributed by atoms with Crippen molar-refractivity contribution in [2.45, 2.75) is 13.5 Å². The van der Waals surface area contributed by atoms with Crippen molar-refractivity contribution in [2.75, 3.05) is 51.1 Å². The topological polar surface area (TPSA) is 115 Å². The van der Waals surface area contributed by atoms with E-state index in [2.05, 4.69) is 51.1 Å². The van der Waals surface area contributed by atoms with E-state index in [0.717, 1.165) is 45.0 Å². The first-order valence-corrected chi connectivity index (χ1v) is 11.1. The number of hydrogen-bond acceptors (Lipinski definition) is 7. The number of rotatable bonds is 10. The molecule has 7 N–H and O–H groups in total. The van der Waals surface area contributed by atoms with Crippen LogP contribution in [-0.4, -0.2) is 60.6 Å². The van der Waals surface area contributed by atoms with Crippen LogP contribution >= 0.6 is 0 Å². The van der Waals surface area contributed by atoms with E-state index < -0.39 is 0 Å². The van der Waals surface area contributed by atoms with Crippen LogP contribution in [0.4, 0.5) is 5.69 Å². The van der Waals surface area contributed by atoms with Crippen molar-refractivity contribution >= 4 is 17.5 Å². The van der Waals surface area contributed by atoms with Crippen LogP contribution in [0.3, 0.4) is 0 Å². The monoisotopic (exact) mass is 437 g/mol. The first-order valence-electron chi connectivity index (χ1n) is 11.1. The van der Waals surface area contributed by atoms with Gasteiger partial charge in [0.05, 0.1) is 11.4 Å². The molecule has 2 aromatic rings. The van der Waals surface area contributed by atoms with Crippen LogP contribution in [0.1, 0.15) is 23.6 Å². The summed E-state index contributed by atoms with van der Waals surface area (Å²) in [6, 6.07) is 10.1. The molecule has 3 rings (SSSR count). The number of likely N-dealkylation sites (N-methyl/N-ethyl adjacent to an activating group) is 1. The van der Waals surface area contributed by atoms with Gasteiger partial charge in [-0.3, -0.25) is 9.69 Å². The van der Waals surface area contributed by atoms with E-state index in [-0.39, 0.29) is 5.56 Å². The van der Waals surface area contributed by atoms with Gasteiger partial charge in [0.2, 0.25) is 0 Å². The molecule has 2 heterocycles. The second kappa shape index (κ2) is 11.5. The smallest absolute Gasteiger partial charge is 0.257 e. The zero-order valence-corrected chi connectivity index (χ0v) is 18.9. The first-order chi connectivity index (χ1) is 15.5. The molecule has 0 saturated carbocycles. The van der Waals surface area contributed by atoms with E-state index in [1.807, 2.05) is 12.1 Å². The maximum atomic E-state index is 12.5. The Bertz CT molecular complexity index is 973. The summed E-state index contributed by atoms with van der Waals surface area (Å²) in [5, 5.41) is 6.26. The Labute approximate surface area is 190 Å². The highest BCUT2D eigenvalue weighted by Gasteiger charge is 2.15. The zero-order valence-electron chi connectivity index (χ0n) is 18.9. The number of aromatic amines is 1. The number of nitrogens with two attached hydrogens (primary N) is 2. The van der Waals surface area contributed by atoms with Gasteiger partial charge >= 0.3 is 0 Å². The lowest BCUT2D eigenvalue weighted by molar-refractivity contribution is 0.132. The fraction of sp³-hybridized carbons (Fsp3) is 0.375. The van der Waals surface area contributed by atoms with Gasteiger partial charge in [-0.15, -0.1) is 0 Å². The van der Waals surface area contributed by atoms with Crippen molar-refractivity contribution in [3.63, 3.8) is 0 Å². The zero-order chi connectivity index (χ0) is 22.9. The molecule has 172 valence electrons. The molecule has 1 saturated heterocycles. The minimum absolute atomic E-state index is 0.231. The Kier molecular flexibility index (Phi) is 8.49. The predicted octanol–water partition coefficient (Wildman–Crippen LogP) is 1.40. The highest BCUT2D eigenvalue weighted by atomic mass is 16.1. The molecule has 1 fully saturated rings. The second-order valence-electron chi connectivity index (χ2n) is 7.96. The Hall–Kier alpha value is -3.07. The molecule has 8 heteroatoms. The van der Waals surface area contributed by atoms with Crippen LogP contribution < -0.4 is 27.7 Å². The Morgan fingerprint density at radius 2 is 1.84 bits per heavy atom. The minimum atomic E-state index is -0.231. The summed E-state index contributed by atoms with van der Waals surface area (Å²) in [5.74, 6) is 0.444. The highest BCUT2D eigenvalue weighted by Crippen LogP contribution is 2.20. The molecular formula is C24H35N7O. The van der Waals surface area contributed by atoms with Crippen LogP contribution in [0, 0.1) is 0 Å². The number of nitrogens with zero attached hydrogens (tertiary/aromatic N) is 2. The van der Waals surface area contributed by atoms with Gasteiger partial charge in [0.1, 0.15) is 0 Å². The fourth-order valence-electron chi connectivity index (χ4n) is 3.81. The van der Waals surface area contributed by atoms with E-state index in [1.165, 1.54) is 5.56 Å². The molecule has 0 aliphatic carbocycles. The molecule has 1 aliphatic rings. The van der Waals surface area contributed by atoms with Gasteiger partial charge in [-0.25, -0.2) is 0 Å². The maximum Gasteiger partial charge on any atom is 0.257 e. The molecule has 0 atom stereocenters. The number of nitrogens with one attached hydrogen (secondary N) is 3. The van der Waals surface area contributed by atoms with Crippen LogP contribution in [0.25, 0.3) is 11.8 Å². The molecule has 0 spiro atoms. The van der Waals surface area contributed by atoms with E-state index in [1.54, 1.807) is 18.3 Å². The minimum Gasteiger partial charge on any atom is -0.386 e. The maximum absolute atomic E-state index is 12.5. The molecule has 1 aromatic heterocycles. The summed E-state index contributed by atoms with van der Waals surface area (Å²) in [6.07, 6.45) is 3.31. The molecule has 32 heavy (non-hydrogen) atoms. The summed E-state index contributed by atoms with van der Waals surface area (Å²) in [6.45, 7) is 13.8. The summed E-state index contributed by atoms with van der Waals surface area (Å²) < 4.78 is 0. The lowest BCUT2D eigenvalue weighted by Gasteiger charge is -2.34. The van der Waals surface area contributed by atoms with Crippen molar-refractivity contribution < 1.29 is 0 Å². The Balaban J connectivity index is 1.65. The SMILES string of the molecule is C=C(Nc1ccc(CN2CCN(CC)CC2)cc1)c1c(/C=C(\N)NCCN)cc[nH]c1=O. The van der Waals surface area contributed by atoms with Crippen LogP contribution in [0.5, 0.6) is 0 Å². The third-order valence-electron chi connectivity index (χ3n) is 5.65. The fourth-order valence-corrected chi connectivity index (χ4v) is 3.81. The van der Waals surface area contributed by atoms with Crippen LogP contribution in [0.2, 0.25) is 0 Å². The summed E-state index contributed by atoms with van der Waals surface area (Å²) >= 11 is 0. The standard InChI is InChI=1S/C24H35N7O/c1-3-30-12-14-31(15-13-30)17-19-4-6-21(7-5-19)29-18(2)23-20(8-10-28-24(23)32)16-22(26)27-11-9-25/h4-8,10,16,27,29H,2-3,9,11-15,17,25-26H2,1H3,(H,28,32)/b22-16+. The number of pyridine rings is 1. The Morgan fingerprint density at radius 1 is 1.16 bits per heavy atom. The molecule has 1 aliphatic heterocycles. The first kappa shape index (κ1) is 23.6. The number of H-pyrrole nitrogens is 1. The van der Waals surface area contributed by atoms with E-state index in [4.69, 9.17) is 11.5 Å². The van der Waals surface area contributed by atoms with Crippen molar-refractivity contribution in [3.8, 4) is 0 Å². The number of piperazine rings is 1. The molecule has 0 radical (unpaired) electrons. The van der Waals surface area contributed by atoms with E-state index in [9.17, 15) is 4.79 Å². The average Bonchev–Trinajstić information content (AvgIpc) is 2.79. The van der Waals surface area contributed by atoms with Gasteiger partial charge in [-0.2, -0.15) is 0 Å². The van der Waals surface area contributed by atoms with Gasteiger partial charge < -0.3 is 32.0 Å². The highest BCUT2D eigenvalue weighted by molar-refractivity contribution is 5.80. The van der Waals surface area contributed by atoms with Gasteiger partial charge in [-0.1, -0.05) is 25.6 Å². The summed E-state index contributed by atoms with van der Waals surface area (Å²) in [7, 11) is 0. The third-order valence-corrected chi connectivity index (χ3v) is 5.65. The van der Waals surface area contributed by atoms with Crippen molar-refractivity contribution in [1.82, 2.24) is 20.1 Å². The molecule has 8 nitrogen and oxygen atoms in total. The largest absolute Gasteiger partial charge is 0.386 e. The Morgan fingerprint density at radius 3 is 2.50 bits per heavy atom. The van der Waals surface area contributed by atoms with Crippen molar-refractivity contribution in [1.29, 1.82) is 0 Å². The van der Waals surface area contributed by atoms with Gasteiger partial charge in [0, 0.05) is 63.4 Å². The van der Waals surface area contributed by atoms with Gasteiger partial charge in [0.25, 0.3) is 5.56 Å². The van der Waals surface area contributed by atoms with Crippen LogP contribution in [-0.2, 0) is 6.54 Å². The molecule has 0 bridgehead atoms. The van der Waals surface area contributed by atoms with E-state index in [0.29, 0.717) is 35.7 Å². The normalized spacial score (nSPS) is 15.5. The number of benzene rings is 1. The lowest BCUT2D eigenvalue weighted by Crippen LogP contribution is -2.45. The third kappa shape index (κ3) is 6.46. The van der Waals surface area contributed by atoms with E-state index >= 15 is 0 Å². The summed E-state index contributed by atoms with van der Waals surface area (Å²) in [4.78, 5) is 20.2. The number of anilines is 1. The molecule has 0 unspecified atom stereocenters. The molecule has 1 aromatic carbocycles. The molecular weight excluding hydrogens is 402 g/mol. The summed E-state index contributed by atoms with van der Waals surface area (Å²) in [5.41, 5.74) is 15.0. The second-order valence-corrected chi connectivity index (χ2v) is 7.96. The van der Waals surface area contributed by atoms with Crippen molar-refractivity contribution in [3.05, 3.63) is 76.0 Å². The van der Waals surface area contributed by atoms with Crippen LogP contribution in [0.15, 0.2) is 53.7 Å². The average molecular weight is 438 g/mol. The van der Waals surface area contributed by atoms with Gasteiger partial charge in [0.15, 0.2) is 0 Å². The molecule has 0 amide bonds. The lowest BCUT2D eigenvalue weighted by atomic mass is 10.1. The van der Waals surface area contributed by atoms with Gasteiger partial charge in [-0.05, 0) is 41.9 Å².